The van der Waals surface area contributed by atoms with Crippen LogP contribution >= 0.6 is 11.6 Å². The molecule has 2 aromatic rings. The summed E-state index contributed by atoms with van der Waals surface area (Å²) in [6.07, 6.45) is 0. The lowest BCUT2D eigenvalue weighted by atomic mass is 9.95. The van der Waals surface area contributed by atoms with Crippen LogP contribution in [0.5, 0.6) is 0 Å². The molecule has 0 aromatic heterocycles. The summed E-state index contributed by atoms with van der Waals surface area (Å²) in [7, 11) is 0. The maximum absolute atomic E-state index is 5.95. The molecular weight excluding hydrogens is 258 g/mol. The number of halogens is 1. The predicted molar refractivity (Wildman–Crippen MR) is 80.1 cm³/mol. The van der Waals surface area contributed by atoms with E-state index in [9.17, 15) is 0 Å². The fourth-order valence-corrected chi connectivity index (χ4v) is 2.23. The summed E-state index contributed by atoms with van der Waals surface area (Å²) in [5.74, 6) is 0. The molecule has 0 bridgehead atoms. The molecule has 3 N–H and O–H groups in total. The molecule has 0 unspecified atom stereocenters. The van der Waals surface area contributed by atoms with Gasteiger partial charge >= 0.3 is 0 Å². The molecule has 19 heavy (non-hydrogen) atoms. The third-order valence-corrected chi connectivity index (χ3v) is 3.42. The van der Waals surface area contributed by atoms with Crippen LogP contribution in [-0.2, 0) is 0 Å². The van der Waals surface area contributed by atoms with Gasteiger partial charge in [0.2, 0.25) is 0 Å². The maximum atomic E-state index is 5.95. The van der Waals surface area contributed by atoms with Crippen LogP contribution in [0.25, 0.3) is 5.70 Å². The van der Waals surface area contributed by atoms with Crippen molar-refractivity contribution in [2.24, 2.45) is 5.10 Å². The standard InChI is InChI=1S/C15H12ClN3/c1-9-11-4-2-3-5-12(11)15(19-18-9)10-6-7-13(16)14(17)8-10/h2-8,18H,1,17H2. The Morgan fingerprint density at radius 2 is 1.84 bits per heavy atom. The van der Waals surface area contributed by atoms with Crippen molar-refractivity contribution in [3.8, 4) is 0 Å². The summed E-state index contributed by atoms with van der Waals surface area (Å²) in [6, 6.07) is 13.5. The van der Waals surface area contributed by atoms with E-state index < -0.39 is 0 Å². The summed E-state index contributed by atoms with van der Waals surface area (Å²) in [4.78, 5) is 0. The predicted octanol–water partition coefficient (Wildman–Crippen LogP) is 3.25. The lowest BCUT2D eigenvalue weighted by molar-refractivity contribution is 0.978. The monoisotopic (exact) mass is 269 g/mol. The lowest BCUT2D eigenvalue weighted by Crippen LogP contribution is -2.19. The number of benzene rings is 2. The first-order chi connectivity index (χ1) is 9.16. The van der Waals surface area contributed by atoms with Gasteiger partial charge in [0.15, 0.2) is 0 Å². The number of rotatable bonds is 1. The largest absolute Gasteiger partial charge is 0.398 e. The van der Waals surface area contributed by atoms with Crippen molar-refractivity contribution < 1.29 is 0 Å². The Bertz CT molecular complexity index is 704. The molecular formula is C15H12ClN3. The molecule has 1 heterocycles. The molecule has 94 valence electrons. The van der Waals surface area contributed by atoms with Crippen LogP contribution < -0.4 is 11.2 Å². The van der Waals surface area contributed by atoms with Crippen LogP contribution in [0.4, 0.5) is 5.69 Å². The molecule has 0 saturated carbocycles. The molecule has 0 fully saturated rings. The Morgan fingerprint density at radius 3 is 2.58 bits per heavy atom. The van der Waals surface area contributed by atoms with Crippen LogP contribution in [0.15, 0.2) is 54.1 Å². The molecule has 1 aliphatic heterocycles. The van der Waals surface area contributed by atoms with Crippen LogP contribution in [-0.4, -0.2) is 5.71 Å². The zero-order valence-electron chi connectivity index (χ0n) is 10.2. The highest BCUT2D eigenvalue weighted by molar-refractivity contribution is 6.33. The quantitative estimate of drug-likeness (QED) is 0.781. The third kappa shape index (κ3) is 1.98. The van der Waals surface area contributed by atoms with Gasteiger partial charge in [-0.15, -0.1) is 0 Å². The normalized spacial score (nSPS) is 13.5. The van der Waals surface area contributed by atoms with Crippen LogP contribution in [0.2, 0.25) is 5.02 Å². The Kier molecular flexibility index (Phi) is 2.76. The van der Waals surface area contributed by atoms with E-state index in [-0.39, 0.29) is 0 Å². The van der Waals surface area contributed by atoms with Gasteiger partial charge in [-0.2, -0.15) is 5.10 Å². The summed E-state index contributed by atoms with van der Waals surface area (Å²) in [6.45, 7) is 3.95. The summed E-state index contributed by atoms with van der Waals surface area (Å²) in [5, 5.41) is 4.91. The minimum Gasteiger partial charge on any atom is -0.398 e. The zero-order chi connectivity index (χ0) is 13.4. The fourth-order valence-electron chi connectivity index (χ4n) is 2.11. The maximum Gasteiger partial charge on any atom is 0.0985 e. The number of nitrogens with zero attached hydrogens (tertiary/aromatic N) is 1. The molecule has 0 radical (unpaired) electrons. The van der Waals surface area contributed by atoms with E-state index >= 15 is 0 Å². The van der Waals surface area contributed by atoms with E-state index in [2.05, 4.69) is 17.1 Å². The highest BCUT2D eigenvalue weighted by Gasteiger charge is 2.18. The number of hydrogen-bond acceptors (Lipinski definition) is 3. The number of nitrogens with one attached hydrogen (secondary N) is 1. The van der Waals surface area contributed by atoms with Gasteiger partial charge in [-0.25, -0.2) is 0 Å². The Morgan fingerprint density at radius 1 is 1.11 bits per heavy atom. The van der Waals surface area contributed by atoms with Gasteiger partial charge in [-0.1, -0.05) is 48.5 Å². The van der Waals surface area contributed by atoms with E-state index in [1.807, 2.05) is 36.4 Å². The van der Waals surface area contributed by atoms with Gasteiger partial charge in [-0.3, -0.25) is 5.43 Å². The smallest absolute Gasteiger partial charge is 0.0985 e. The van der Waals surface area contributed by atoms with Crippen molar-refractivity contribution in [1.82, 2.24) is 5.43 Å². The van der Waals surface area contributed by atoms with E-state index in [0.29, 0.717) is 10.7 Å². The average Bonchev–Trinajstić information content (AvgIpc) is 2.43. The average molecular weight is 270 g/mol. The molecule has 4 heteroatoms. The van der Waals surface area contributed by atoms with Crippen molar-refractivity contribution in [2.75, 3.05) is 5.73 Å². The van der Waals surface area contributed by atoms with Crippen molar-refractivity contribution in [3.63, 3.8) is 0 Å². The topological polar surface area (TPSA) is 50.4 Å². The molecule has 2 aromatic carbocycles. The van der Waals surface area contributed by atoms with E-state index in [4.69, 9.17) is 17.3 Å². The van der Waals surface area contributed by atoms with Gasteiger partial charge < -0.3 is 5.73 Å². The third-order valence-electron chi connectivity index (χ3n) is 3.08. The van der Waals surface area contributed by atoms with Gasteiger partial charge in [0.1, 0.15) is 0 Å². The number of hydrazone groups is 1. The van der Waals surface area contributed by atoms with Crippen LogP contribution in [0, 0.1) is 0 Å². The number of nitrogen functional groups attached to an aromatic ring is 1. The van der Waals surface area contributed by atoms with Gasteiger partial charge in [-0.05, 0) is 12.1 Å². The summed E-state index contributed by atoms with van der Waals surface area (Å²) >= 11 is 5.95. The molecule has 3 rings (SSSR count). The van der Waals surface area contributed by atoms with Crippen molar-refractivity contribution in [3.05, 3.63) is 70.8 Å². The first-order valence-corrected chi connectivity index (χ1v) is 6.22. The van der Waals surface area contributed by atoms with Gasteiger partial charge in [0.05, 0.1) is 22.1 Å². The van der Waals surface area contributed by atoms with Crippen LogP contribution in [0.3, 0.4) is 0 Å². The molecule has 0 aliphatic carbocycles. The van der Waals surface area contributed by atoms with Crippen molar-refractivity contribution >= 4 is 28.7 Å². The van der Waals surface area contributed by atoms with E-state index in [1.165, 1.54) is 0 Å². The van der Waals surface area contributed by atoms with Gasteiger partial charge in [0.25, 0.3) is 0 Å². The minimum atomic E-state index is 0.545. The Hall–Kier alpha value is -2.26. The van der Waals surface area contributed by atoms with Gasteiger partial charge in [0, 0.05) is 16.7 Å². The molecule has 0 atom stereocenters. The Balaban J connectivity index is 2.16. The second-order valence-electron chi connectivity index (χ2n) is 4.33. The first kappa shape index (κ1) is 11.8. The highest BCUT2D eigenvalue weighted by Crippen LogP contribution is 2.26. The molecule has 0 amide bonds. The zero-order valence-corrected chi connectivity index (χ0v) is 10.9. The highest BCUT2D eigenvalue weighted by atomic mass is 35.5. The summed E-state index contributed by atoms with van der Waals surface area (Å²) in [5.41, 5.74) is 14.0. The first-order valence-electron chi connectivity index (χ1n) is 5.84. The van der Waals surface area contributed by atoms with Crippen molar-refractivity contribution in [1.29, 1.82) is 0 Å². The fraction of sp³-hybridized carbons (Fsp3) is 0. The van der Waals surface area contributed by atoms with E-state index in [1.54, 1.807) is 6.07 Å². The number of anilines is 1. The molecule has 0 spiro atoms. The van der Waals surface area contributed by atoms with Crippen molar-refractivity contribution in [2.45, 2.75) is 0 Å². The SMILES string of the molecule is C=C1NN=C(c2ccc(Cl)c(N)c2)c2ccccc21. The van der Waals surface area contributed by atoms with Crippen LogP contribution in [0.1, 0.15) is 16.7 Å². The minimum absolute atomic E-state index is 0.545. The Labute approximate surface area is 116 Å². The molecule has 0 saturated heterocycles. The lowest BCUT2D eigenvalue weighted by Gasteiger charge is -2.19. The van der Waals surface area contributed by atoms with E-state index in [0.717, 1.165) is 28.1 Å². The molecule has 1 aliphatic rings. The number of fused-ring (bicyclic) bond motifs is 1. The summed E-state index contributed by atoms with van der Waals surface area (Å²) < 4.78 is 0. The second-order valence-corrected chi connectivity index (χ2v) is 4.74. The second kappa shape index (κ2) is 4.44. The number of hydrogen-bond donors (Lipinski definition) is 2. The number of nitrogens with two attached hydrogens (primary N) is 1. The molecule has 3 nitrogen and oxygen atoms in total.